The molecule has 0 bridgehead atoms. The maximum Gasteiger partial charge on any atom is 0.238 e. The summed E-state index contributed by atoms with van der Waals surface area (Å²) in [7, 11) is 0. The quantitative estimate of drug-likeness (QED) is 0.797. The molecule has 3 rings (SSSR count). The zero-order valence-corrected chi connectivity index (χ0v) is 13.2. The number of benzene rings is 2. The summed E-state index contributed by atoms with van der Waals surface area (Å²) in [6.45, 7) is 0. The Bertz CT molecular complexity index is 620. The van der Waals surface area contributed by atoms with E-state index in [1.54, 1.807) is 0 Å². The van der Waals surface area contributed by atoms with Crippen LogP contribution in [0.3, 0.4) is 0 Å². The van der Waals surface area contributed by atoms with E-state index in [9.17, 15) is 4.79 Å². The number of carbonyl (C=O) groups excluding carboxylic acids is 1. The minimum atomic E-state index is -0.436. The normalized spacial score (nSPS) is 15.3. The molecule has 1 aliphatic rings. The highest BCUT2D eigenvalue weighted by Gasteiger charge is 2.26. The fourth-order valence-corrected chi connectivity index (χ4v) is 2.61. The molecule has 1 N–H and O–H groups in total. The van der Waals surface area contributed by atoms with Crippen molar-refractivity contribution in [3.8, 4) is 11.1 Å². The van der Waals surface area contributed by atoms with Crippen molar-refractivity contribution in [2.45, 2.75) is 37.1 Å². The van der Waals surface area contributed by atoms with Crippen molar-refractivity contribution < 1.29 is 4.79 Å². The molecule has 1 unspecified atom stereocenters. The van der Waals surface area contributed by atoms with Crippen molar-refractivity contribution in [1.29, 1.82) is 0 Å². The molecular weight excluding hydrogens is 294 g/mol. The molecule has 22 heavy (non-hydrogen) atoms. The largest absolute Gasteiger partial charge is 0.352 e. The van der Waals surface area contributed by atoms with E-state index >= 15 is 0 Å². The molecule has 1 aliphatic carbocycles. The molecule has 2 aromatic rings. The lowest BCUT2D eigenvalue weighted by Gasteiger charge is -2.10. The van der Waals surface area contributed by atoms with E-state index in [1.807, 2.05) is 18.2 Å². The van der Waals surface area contributed by atoms with Crippen LogP contribution in [0.4, 0.5) is 0 Å². The van der Waals surface area contributed by atoms with Crippen molar-refractivity contribution in [2.24, 2.45) is 0 Å². The molecule has 1 atom stereocenters. The molecule has 0 spiro atoms. The molecule has 1 amide bonds. The average molecular weight is 314 g/mol. The van der Waals surface area contributed by atoms with Gasteiger partial charge in [0.2, 0.25) is 5.91 Å². The number of hydrogen-bond donors (Lipinski definition) is 1. The highest BCUT2D eigenvalue weighted by Crippen LogP contribution is 2.21. The van der Waals surface area contributed by atoms with Crippen molar-refractivity contribution in [2.75, 3.05) is 0 Å². The van der Waals surface area contributed by atoms with Crippen molar-refractivity contribution in [1.82, 2.24) is 5.32 Å². The van der Waals surface area contributed by atoms with Gasteiger partial charge in [0.05, 0.1) is 0 Å². The van der Waals surface area contributed by atoms with Crippen LogP contribution < -0.4 is 5.32 Å². The van der Waals surface area contributed by atoms with Crippen molar-refractivity contribution in [3.63, 3.8) is 0 Å². The number of hydrogen-bond acceptors (Lipinski definition) is 1. The van der Waals surface area contributed by atoms with Gasteiger partial charge in [0.1, 0.15) is 5.38 Å². The Kier molecular flexibility index (Phi) is 4.79. The molecule has 0 heterocycles. The fourth-order valence-electron chi connectivity index (χ4n) is 2.44. The standard InChI is InChI=1S/C19H20ClNO/c20-18(19(22)21-17-11-12-17)13-8-14-6-9-16(10-7-14)15-4-2-1-3-5-15/h1-7,9-10,17-18H,8,11-13H2,(H,21,22). The number of alkyl halides is 1. The third kappa shape index (κ3) is 4.11. The summed E-state index contributed by atoms with van der Waals surface area (Å²) >= 11 is 6.17. The van der Waals surface area contributed by atoms with Crippen LogP contribution in [0.25, 0.3) is 11.1 Å². The lowest BCUT2D eigenvalue weighted by atomic mass is 10.0. The van der Waals surface area contributed by atoms with Gasteiger partial charge in [-0.2, -0.15) is 0 Å². The van der Waals surface area contributed by atoms with Gasteiger partial charge < -0.3 is 5.32 Å². The van der Waals surface area contributed by atoms with E-state index in [0.717, 1.165) is 19.3 Å². The predicted octanol–water partition coefficient (Wildman–Crippen LogP) is 4.17. The van der Waals surface area contributed by atoms with E-state index in [-0.39, 0.29) is 5.91 Å². The molecule has 114 valence electrons. The van der Waals surface area contributed by atoms with Crippen LogP contribution in [0.2, 0.25) is 0 Å². The maximum atomic E-state index is 11.8. The van der Waals surface area contributed by atoms with Crippen molar-refractivity contribution in [3.05, 3.63) is 60.2 Å². The number of rotatable bonds is 6. The number of nitrogens with one attached hydrogen (secondary N) is 1. The smallest absolute Gasteiger partial charge is 0.238 e. The van der Waals surface area contributed by atoms with Gasteiger partial charge >= 0.3 is 0 Å². The second-order valence-electron chi connectivity index (χ2n) is 5.85. The number of aryl methyl sites for hydroxylation is 1. The Morgan fingerprint density at radius 3 is 2.32 bits per heavy atom. The lowest BCUT2D eigenvalue weighted by Crippen LogP contribution is -2.33. The van der Waals surface area contributed by atoms with Crippen LogP contribution in [0.15, 0.2) is 54.6 Å². The first-order chi connectivity index (χ1) is 10.7. The fraction of sp³-hybridized carbons (Fsp3) is 0.316. The van der Waals surface area contributed by atoms with Gasteiger partial charge in [-0.15, -0.1) is 11.6 Å². The van der Waals surface area contributed by atoms with Crippen LogP contribution in [0, 0.1) is 0 Å². The van der Waals surface area contributed by atoms with Crippen molar-refractivity contribution >= 4 is 17.5 Å². The average Bonchev–Trinajstić information content (AvgIpc) is 3.38. The molecule has 2 nitrogen and oxygen atoms in total. The van der Waals surface area contributed by atoms with E-state index in [4.69, 9.17) is 11.6 Å². The first-order valence-corrected chi connectivity index (χ1v) is 8.25. The van der Waals surface area contributed by atoms with Crippen LogP contribution in [-0.4, -0.2) is 17.3 Å². The number of carbonyl (C=O) groups is 1. The molecule has 1 fully saturated rings. The van der Waals surface area contributed by atoms with E-state index < -0.39 is 5.38 Å². The Labute approximate surface area is 136 Å². The highest BCUT2D eigenvalue weighted by molar-refractivity contribution is 6.30. The molecule has 3 heteroatoms. The molecule has 0 saturated heterocycles. The third-order valence-corrected chi connectivity index (χ3v) is 4.37. The monoisotopic (exact) mass is 313 g/mol. The van der Waals surface area contributed by atoms with E-state index in [1.165, 1.54) is 16.7 Å². The summed E-state index contributed by atoms with van der Waals surface area (Å²) in [6, 6.07) is 19.2. The second-order valence-corrected chi connectivity index (χ2v) is 6.38. The molecule has 2 aromatic carbocycles. The van der Waals surface area contributed by atoms with E-state index in [2.05, 4.69) is 41.7 Å². The lowest BCUT2D eigenvalue weighted by molar-refractivity contribution is -0.121. The molecular formula is C19H20ClNO. The van der Waals surface area contributed by atoms with Gasteiger partial charge in [-0.3, -0.25) is 4.79 Å². The van der Waals surface area contributed by atoms with Crippen LogP contribution in [-0.2, 0) is 11.2 Å². The Balaban J connectivity index is 1.53. The summed E-state index contributed by atoms with van der Waals surface area (Å²) in [6.07, 6.45) is 3.68. The van der Waals surface area contributed by atoms with Crippen LogP contribution >= 0.6 is 11.6 Å². The van der Waals surface area contributed by atoms with Gasteiger partial charge in [-0.25, -0.2) is 0 Å². The summed E-state index contributed by atoms with van der Waals surface area (Å²) in [5.41, 5.74) is 3.64. The Morgan fingerprint density at radius 2 is 1.68 bits per heavy atom. The SMILES string of the molecule is O=C(NC1CC1)C(Cl)CCc1ccc(-c2ccccc2)cc1. The minimum absolute atomic E-state index is 0.0231. The van der Waals surface area contributed by atoms with E-state index in [0.29, 0.717) is 12.5 Å². The highest BCUT2D eigenvalue weighted by atomic mass is 35.5. The maximum absolute atomic E-state index is 11.8. The van der Waals surface area contributed by atoms with Crippen LogP contribution in [0.5, 0.6) is 0 Å². The molecule has 0 aliphatic heterocycles. The third-order valence-electron chi connectivity index (χ3n) is 3.96. The predicted molar refractivity (Wildman–Crippen MR) is 91.0 cm³/mol. The van der Waals surface area contributed by atoms with Gasteiger partial charge in [0.25, 0.3) is 0 Å². The minimum Gasteiger partial charge on any atom is -0.352 e. The Hall–Kier alpha value is -1.80. The topological polar surface area (TPSA) is 29.1 Å². The van der Waals surface area contributed by atoms with Gasteiger partial charge in [-0.1, -0.05) is 54.6 Å². The zero-order chi connectivity index (χ0) is 15.4. The second kappa shape index (κ2) is 6.97. The molecule has 1 saturated carbocycles. The summed E-state index contributed by atoms with van der Waals surface area (Å²) < 4.78 is 0. The zero-order valence-electron chi connectivity index (χ0n) is 12.5. The first-order valence-electron chi connectivity index (χ1n) is 7.81. The molecule has 0 aromatic heterocycles. The number of halogens is 1. The molecule has 0 radical (unpaired) electrons. The number of amides is 1. The van der Waals surface area contributed by atoms with Gasteiger partial charge in [0.15, 0.2) is 0 Å². The van der Waals surface area contributed by atoms with Gasteiger partial charge in [-0.05, 0) is 42.4 Å². The van der Waals surface area contributed by atoms with Gasteiger partial charge in [0, 0.05) is 6.04 Å². The van der Waals surface area contributed by atoms with Crippen LogP contribution in [0.1, 0.15) is 24.8 Å². The first kappa shape index (κ1) is 15.1. The summed E-state index contributed by atoms with van der Waals surface area (Å²) in [4.78, 5) is 11.8. The summed E-state index contributed by atoms with van der Waals surface area (Å²) in [5.74, 6) is -0.0231. The Morgan fingerprint density at radius 1 is 1.05 bits per heavy atom. The summed E-state index contributed by atoms with van der Waals surface area (Å²) in [5, 5.41) is 2.51.